The second kappa shape index (κ2) is 7.09. The lowest BCUT2D eigenvalue weighted by atomic mass is 9.89. The van der Waals surface area contributed by atoms with Gasteiger partial charge in [0.25, 0.3) is 0 Å². The Morgan fingerprint density at radius 1 is 1.29 bits per heavy atom. The lowest BCUT2D eigenvalue weighted by Crippen LogP contribution is -2.31. The van der Waals surface area contributed by atoms with E-state index in [1.807, 2.05) is 19.1 Å². The Bertz CT molecular complexity index is 1080. The summed E-state index contributed by atoms with van der Waals surface area (Å²) in [6.45, 7) is 1.83. The van der Waals surface area contributed by atoms with E-state index >= 15 is 0 Å². The van der Waals surface area contributed by atoms with Crippen molar-refractivity contribution in [2.75, 3.05) is 10.6 Å². The number of carbonyl (C=O) groups is 2. The Morgan fingerprint density at radius 2 is 2.04 bits per heavy atom. The summed E-state index contributed by atoms with van der Waals surface area (Å²) < 4.78 is 15.1. The van der Waals surface area contributed by atoms with E-state index in [0.29, 0.717) is 22.1 Å². The minimum absolute atomic E-state index is 0.0125. The fraction of sp³-hybridized carbons (Fsp3) is 0.150. The van der Waals surface area contributed by atoms with Crippen LogP contribution in [0.25, 0.3) is 5.69 Å². The maximum atomic E-state index is 13.5. The summed E-state index contributed by atoms with van der Waals surface area (Å²) in [5, 5.41) is 10.4. The van der Waals surface area contributed by atoms with Crippen molar-refractivity contribution < 1.29 is 14.0 Å². The van der Waals surface area contributed by atoms with Gasteiger partial charge in [-0.15, -0.1) is 5.10 Å². The van der Waals surface area contributed by atoms with Gasteiger partial charge in [-0.2, -0.15) is 0 Å². The van der Waals surface area contributed by atoms with E-state index in [1.165, 1.54) is 18.2 Å². The average molecular weight is 399 g/mol. The quantitative estimate of drug-likeness (QED) is 0.699. The van der Waals surface area contributed by atoms with Crippen molar-refractivity contribution >= 4 is 34.9 Å². The minimum atomic E-state index is -0.718. The van der Waals surface area contributed by atoms with Crippen molar-refractivity contribution in [3.8, 4) is 5.69 Å². The highest BCUT2D eigenvalue weighted by atomic mass is 35.5. The zero-order valence-electron chi connectivity index (χ0n) is 14.9. The largest absolute Gasteiger partial charge is 0.326 e. The van der Waals surface area contributed by atoms with Crippen molar-refractivity contribution in [1.29, 1.82) is 0 Å². The van der Waals surface area contributed by atoms with Crippen LogP contribution in [0.4, 0.5) is 15.9 Å². The van der Waals surface area contributed by atoms with Crippen molar-refractivity contribution in [3.63, 3.8) is 0 Å². The van der Waals surface area contributed by atoms with Crippen LogP contribution in [0.3, 0.4) is 0 Å². The molecule has 0 saturated heterocycles. The highest BCUT2D eigenvalue weighted by Gasteiger charge is 2.31. The molecule has 0 saturated carbocycles. The van der Waals surface area contributed by atoms with Gasteiger partial charge in [-0.1, -0.05) is 17.7 Å². The molecule has 1 atom stereocenters. The number of anilines is 2. The number of amides is 2. The number of benzene rings is 2. The van der Waals surface area contributed by atoms with Gasteiger partial charge in [0.2, 0.25) is 11.8 Å². The Labute approximate surface area is 165 Å². The number of carbonyl (C=O) groups excluding carboxylic acids is 2. The molecule has 1 aromatic heterocycles. The van der Waals surface area contributed by atoms with Gasteiger partial charge < -0.3 is 10.6 Å². The number of aryl methyl sites for hydroxylation is 1. The zero-order valence-corrected chi connectivity index (χ0v) is 15.6. The van der Waals surface area contributed by atoms with E-state index in [-0.39, 0.29) is 18.2 Å². The predicted octanol–water partition coefficient (Wildman–Crippen LogP) is 4.04. The summed E-state index contributed by atoms with van der Waals surface area (Å²) >= 11 is 5.91. The lowest BCUT2D eigenvalue weighted by molar-refractivity contribution is -0.123. The normalized spacial score (nSPS) is 15.7. The summed E-state index contributed by atoms with van der Waals surface area (Å²) in [7, 11) is 0. The third-order valence-electron chi connectivity index (χ3n) is 4.60. The van der Waals surface area contributed by atoms with E-state index in [1.54, 1.807) is 23.0 Å². The highest BCUT2D eigenvalue weighted by molar-refractivity contribution is 6.30. The standard InChI is InChI=1S/C20H16ClFN4O2/c1-11-10-26(14-5-2-12(21)3-6-14)25-19(11)24-20(28)16-9-18(27)23-17-8-13(22)4-7-15(16)17/h2-8,10,16H,9H2,1H3,(H,23,27)(H,24,25,28). The van der Waals surface area contributed by atoms with Gasteiger partial charge in [-0.25, -0.2) is 9.07 Å². The van der Waals surface area contributed by atoms with E-state index < -0.39 is 11.7 Å². The van der Waals surface area contributed by atoms with E-state index in [0.717, 1.165) is 11.3 Å². The second-order valence-electron chi connectivity index (χ2n) is 6.61. The van der Waals surface area contributed by atoms with Gasteiger partial charge in [0, 0.05) is 28.9 Å². The molecule has 2 amide bonds. The first-order valence-electron chi connectivity index (χ1n) is 8.63. The monoisotopic (exact) mass is 398 g/mol. The summed E-state index contributed by atoms with van der Waals surface area (Å²) in [4.78, 5) is 24.8. The van der Waals surface area contributed by atoms with Crippen LogP contribution in [-0.2, 0) is 9.59 Å². The number of aromatic nitrogens is 2. The molecule has 0 spiro atoms. The van der Waals surface area contributed by atoms with Crippen LogP contribution in [-0.4, -0.2) is 21.6 Å². The summed E-state index contributed by atoms with van der Waals surface area (Å²) in [5.41, 5.74) is 2.46. The molecule has 2 N–H and O–H groups in total. The van der Waals surface area contributed by atoms with Crippen LogP contribution in [0, 0.1) is 12.7 Å². The van der Waals surface area contributed by atoms with Gasteiger partial charge >= 0.3 is 0 Å². The first-order valence-corrected chi connectivity index (χ1v) is 9.01. The Kier molecular flexibility index (Phi) is 4.60. The third kappa shape index (κ3) is 3.48. The number of hydrogen-bond acceptors (Lipinski definition) is 3. The van der Waals surface area contributed by atoms with Crippen LogP contribution >= 0.6 is 11.6 Å². The third-order valence-corrected chi connectivity index (χ3v) is 4.85. The molecule has 0 radical (unpaired) electrons. The van der Waals surface area contributed by atoms with Crippen molar-refractivity contribution in [2.24, 2.45) is 0 Å². The van der Waals surface area contributed by atoms with Crippen molar-refractivity contribution in [3.05, 3.63) is 70.6 Å². The first kappa shape index (κ1) is 18.2. The molecule has 0 fully saturated rings. The Morgan fingerprint density at radius 3 is 2.79 bits per heavy atom. The van der Waals surface area contributed by atoms with Crippen LogP contribution in [0.1, 0.15) is 23.5 Å². The maximum Gasteiger partial charge on any atom is 0.233 e. The molecule has 142 valence electrons. The van der Waals surface area contributed by atoms with E-state index in [2.05, 4.69) is 15.7 Å². The number of rotatable bonds is 3. The number of hydrogen-bond donors (Lipinski definition) is 2. The van der Waals surface area contributed by atoms with Gasteiger partial charge in [-0.3, -0.25) is 9.59 Å². The molecule has 4 rings (SSSR count). The summed E-state index contributed by atoms with van der Waals surface area (Å²) in [6.07, 6.45) is 1.77. The molecule has 1 aliphatic heterocycles. The Hall–Kier alpha value is -3.19. The first-order chi connectivity index (χ1) is 13.4. The predicted molar refractivity (Wildman–Crippen MR) is 104 cm³/mol. The molecule has 1 aliphatic rings. The van der Waals surface area contributed by atoms with Crippen LogP contribution in [0.2, 0.25) is 5.02 Å². The van der Waals surface area contributed by atoms with Gasteiger partial charge in [0.15, 0.2) is 5.82 Å². The van der Waals surface area contributed by atoms with Crippen molar-refractivity contribution in [2.45, 2.75) is 19.3 Å². The van der Waals surface area contributed by atoms with Crippen LogP contribution < -0.4 is 10.6 Å². The molecular weight excluding hydrogens is 383 g/mol. The summed E-state index contributed by atoms with van der Waals surface area (Å²) in [6, 6.07) is 11.1. The second-order valence-corrected chi connectivity index (χ2v) is 7.04. The number of nitrogens with zero attached hydrogens (tertiary/aromatic N) is 2. The SMILES string of the molecule is Cc1cn(-c2ccc(Cl)cc2)nc1NC(=O)C1CC(=O)Nc2cc(F)ccc21. The molecule has 0 bridgehead atoms. The zero-order chi connectivity index (χ0) is 19.8. The van der Waals surface area contributed by atoms with Crippen LogP contribution in [0.15, 0.2) is 48.7 Å². The minimum Gasteiger partial charge on any atom is -0.326 e. The average Bonchev–Trinajstić information content (AvgIpc) is 3.01. The molecule has 3 aromatic rings. The number of halogens is 2. The van der Waals surface area contributed by atoms with E-state index in [4.69, 9.17) is 11.6 Å². The van der Waals surface area contributed by atoms with E-state index in [9.17, 15) is 14.0 Å². The van der Waals surface area contributed by atoms with Gasteiger partial charge in [-0.05, 0) is 48.9 Å². The molecule has 28 heavy (non-hydrogen) atoms. The highest BCUT2D eigenvalue weighted by Crippen LogP contribution is 2.33. The molecular formula is C20H16ClFN4O2. The number of nitrogens with one attached hydrogen (secondary N) is 2. The van der Waals surface area contributed by atoms with Crippen LogP contribution in [0.5, 0.6) is 0 Å². The molecule has 8 heteroatoms. The molecule has 1 unspecified atom stereocenters. The summed E-state index contributed by atoms with van der Waals surface area (Å²) in [5.74, 6) is -1.49. The molecule has 2 aromatic carbocycles. The smallest absolute Gasteiger partial charge is 0.233 e. The van der Waals surface area contributed by atoms with Crippen molar-refractivity contribution in [1.82, 2.24) is 9.78 Å². The topological polar surface area (TPSA) is 76.0 Å². The lowest BCUT2D eigenvalue weighted by Gasteiger charge is -2.24. The number of fused-ring (bicyclic) bond motifs is 1. The fourth-order valence-electron chi connectivity index (χ4n) is 3.18. The van der Waals surface area contributed by atoms with Gasteiger partial charge in [0.1, 0.15) is 5.82 Å². The van der Waals surface area contributed by atoms with Gasteiger partial charge in [0.05, 0.1) is 11.6 Å². The molecule has 0 aliphatic carbocycles. The molecule has 6 nitrogen and oxygen atoms in total. The Balaban J connectivity index is 1.59. The molecule has 2 heterocycles. The fourth-order valence-corrected chi connectivity index (χ4v) is 3.31. The maximum absolute atomic E-state index is 13.5.